The van der Waals surface area contributed by atoms with Crippen LogP contribution in [-0.4, -0.2) is 20.9 Å². The third-order valence-corrected chi connectivity index (χ3v) is 3.70. The van der Waals surface area contributed by atoms with Crippen LogP contribution in [0, 0.1) is 0 Å². The van der Waals surface area contributed by atoms with Gasteiger partial charge in [0.25, 0.3) is 5.91 Å². The number of imidazole rings is 1. The minimum Gasteiger partial charge on any atom is -0.321 e. The van der Waals surface area contributed by atoms with Gasteiger partial charge in [-0.1, -0.05) is 11.6 Å². The van der Waals surface area contributed by atoms with E-state index in [-0.39, 0.29) is 16.8 Å². The number of pyridine rings is 1. The number of carbonyl (C=O) groups is 1. The molecule has 0 radical (unpaired) electrons. The number of carbonyl (C=O) groups excluding carboxylic acids is 1. The van der Waals surface area contributed by atoms with Gasteiger partial charge in [0, 0.05) is 16.2 Å². The number of nitrogens with one attached hydrogen (secondary N) is 3. The minimum atomic E-state index is -0.322. The van der Waals surface area contributed by atoms with Crippen molar-refractivity contribution in [2.45, 2.75) is 0 Å². The van der Waals surface area contributed by atoms with E-state index in [2.05, 4.69) is 36.2 Å². The van der Waals surface area contributed by atoms with Crippen molar-refractivity contribution in [1.29, 1.82) is 0 Å². The largest absolute Gasteiger partial charge is 0.323 e. The van der Waals surface area contributed by atoms with Gasteiger partial charge in [0.1, 0.15) is 5.15 Å². The Morgan fingerprint density at radius 1 is 1.24 bits per heavy atom. The second-order valence-corrected chi connectivity index (χ2v) is 5.52. The molecule has 6 nitrogen and oxygen atoms in total. The summed E-state index contributed by atoms with van der Waals surface area (Å²) in [7, 11) is 0. The monoisotopic (exact) mass is 366 g/mol. The van der Waals surface area contributed by atoms with Crippen LogP contribution in [0.4, 0.5) is 5.69 Å². The third kappa shape index (κ3) is 2.84. The van der Waals surface area contributed by atoms with Crippen LogP contribution < -0.4 is 11.0 Å². The van der Waals surface area contributed by atoms with Crippen molar-refractivity contribution >= 4 is 50.2 Å². The van der Waals surface area contributed by atoms with E-state index < -0.39 is 0 Å². The molecule has 0 saturated carbocycles. The van der Waals surface area contributed by atoms with Crippen LogP contribution in [0.25, 0.3) is 11.0 Å². The first kappa shape index (κ1) is 13.8. The lowest BCUT2D eigenvalue weighted by Crippen LogP contribution is -2.12. The van der Waals surface area contributed by atoms with E-state index in [9.17, 15) is 9.59 Å². The van der Waals surface area contributed by atoms with Gasteiger partial charge in [0.05, 0.1) is 16.7 Å². The molecule has 0 atom stereocenters. The zero-order chi connectivity index (χ0) is 15.0. The van der Waals surface area contributed by atoms with E-state index in [0.717, 1.165) is 0 Å². The molecule has 0 aliphatic heterocycles. The van der Waals surface area contributed by atoms with Crippen molar-refractivity contribution in [3.8, 4) is 0 Å². The quantitative estimate of drug-likeness (QED) is 0.608. The zero-order valence-electron chi connectivity index (χ0n) is 10.4. The van der Waals surface area contributed by atoms with Gasteiger partial charge in [-0.25, -0.2) is 9.78 Å². The van der Waals surface area contributed by atoms with Crippen LogP contribution >= 0.6 is 27.5 Å². The van der Waals surface area contributed by atoms with Crippen molar-refractivity contribution in [3.63, 3.8) is 0 Å². The lowest BCUT2D eigenvalue weighted by molar-refractivity contribution is 0.102. The summed E-state index contributed by atoms with van der Waals surface area (Å²) in [4.78, 5) is 32.5. The Balaban J connectivity index is 1.95. The van der Waals surface area contributed by atoms with E-state index in [0.29, 0.717) is 26.8 Å². The average Bonchev–Trinajstić information content (AvgIpc) is 2.78. The molecule has 0 bridgehead atoms. The minimum absolute atomic E-state index is 0.243. The number of aromatic nitrogens is 3. The second kappa shape index (κ2) is 5.34. The maximum atomic E-state index is 12.2. The Hall–Kier alpha value is -2.12. The van der Waals surface area contributed by atoms with Crippen molar-refractivity contribution < 1.29 is 4.79 Å². The maximum absolute atomic E-state index is 12.2. The Kier molecular flexibility index (Phi) is 3.52. The number of H-pyrrole nitrogens is 2. The molecule has 0 spiro atoms. The van der Waals surface area contributed by atoms with Crippen LogP contribution in [0.15, 0.2) is 39.7 Å². The molecule has 3 aromatic rings. The fraction of sp³-hybridized carbons (Fsp3) is 0. The Morgan fingerprint density at radius 3 is 2.67 bits per heavy atom. The molecule has 2 heterocycles. The van der Waals surface area contributed by atoms with Crippen LogP contribution in [0.2, 0.25) is 5.15 Å². The van der Waals surface area contributed by atoms with Crippen molar-refractivity contribution in [2.75, 3.05) is 5.32 Å². The van der Waals surface area contributed by atoms with Crippen LogP contribution in [0.5, 0.6) is 0 Å². The number of hydrogen-bond acceptors (Lipinski definition) is 3. The van der Waals surface area contributed by atoms with Crippen molar-refractivity contribution in [2.24, 2.45) is 0 Å². The zero-order valence-corrected chi connectivity index (χ0v) is 12.7. The van der Waals surface area contributed by atoms with E-state index in [1.54, 1.807) is 18.2 Å². The highest BCUT2D eigenvalue weighted by Crippen LogP contribution is 2.26. The summed E-state index contributed by atoms with van der Waals surface area (Å²) in [5, 5.41) is 2.99. The molecule has 0 aliphatic carbocycles. The Morgan fingerprint density at radius 2 is 1.95 bits per heavy atom. The van der Waals surface area contributed by atoms with Crippen LogP contribution in [-0.2, 0) is 0 Å². The van der Waals surface area contributed by atoms with Gasteiger partial charge in [-0.05, 0) is 40.2 Å². The molecular weight excluding hydrogens is 360 g/mol. The second-order valence-electron chi connectivity index (χ2n) is 4.28. The lowest BCUT2D eigenvalue weighted by atomic mass is 10.2. The van der Waals surface area contributed by atoms with Gasteiger partial charge in [-0.3, -0.25) is 4.79 Å². The van der Waals surface area contributed by atoms with E-state index in [4.69, 9.17) is 11.6 Å². The molecule has 3 N–H and O–H groups in total. The van der Waals surface area contributed by atoms with E-state index >= 15 is 0 Å². The molecule has 0 unspecified atom stereocenters. The fourth-order valence-electron chi connectivity index (χ4n) is 1.89. The maximum Gasteiger partial charge on any atom is 0.323 e. The summed E-state index contributed by atoms with van der Waals surface area (Å²) >= 11 is 9.11. The molecule has 0 fully saturated rings. The molecule has 3 rings (SSSR count). The Labute approximate surface area is 131 Å². The first-order valence-corrected chi connectivity index (χ1v) is 7.04. The Bertz CT molecular complexity index is 903. The van der Waals surface area contributed by atoms with Crippen molar-refractivity contribution in [3.05, 3.63) is 56.1 Å². The van der Waals surface area contributed by atoms with Gasteiger partial charge in [0.15, 0.2) is 0 Å². The molecule has 1 aromatic carbocycles. The smallest absolute Gasteiger partial charge is 0.321 e. The first-order chi connectivity index (χ1) is 10.0. The number of benzene rings is 1. The number of fused-ring (bicyclic) bond motifs is 1. The van der Waals surface area contributed by atoms with Gasteiger partial charge in [-0.15, -0.1) is 0 Å². The number of amides is 1. The van der Waals surface area contributed by atoms with Gasteiger partial charge < -0.3 is 15.3 Å². The summed E-state index contributed by atoms with van der Waals surface area (Å²) in [6.07, 6.45) is 1.46. The normalized spacial score (nSPS) is 10.8. The topological polar surface area (TPSA) is 90.6 Å². The summed E-state index contributed by atoms with van der Waals surface area (Å²) in [6, 6.07) is 6.41. The summed E-state index contributed by atoms with van der Waals surface area (Å²) in [5.41, 5.74) is 1.88. The predicted molar refractivity (Wildman–Crippen MR) is 83.8 cm³/mol. The van der Waals surface area contributed by atoms with Crippen LogP contribution in [0.1, 0.15) is 10.4 Å². The molecule has 21 heavy (non-hydrogen) atoms. The average molecular weight is 368 g/mol. The number of rotatable bonds is 2. The molecule has 0 saturated heterocycles. The molecule has 8 heteroatoms. The molecule has 106 valence electrons. The van der Waals surface area contributed by atoms with E-state index in [1.807, 2.05) is 0 Å². The number of hydrogen-bond donors (Lipinski definition) is 3. The summed E-state index contributed by atoms with van der Waals surface area (Å²) in [5.74, 6) is -0.322. The van der Waals surface area contributed by atoms with Gasteiger partial charge in [0.2, 0.25) is 0 Å². The SMILES string of the molecule is O=C(Nc1cc2[nH]c(=O)[nH]c2cc1Br)c1ccnc(Cl)c1. The number of anilines is 1. The number of nitrogens with zero attached hydrogens (tertiary/aromatic N) is 1. The number of halogens is 2. The van der Waals surface area contributed by atoms with Crippen molar-refractivity contribution in [1.82, 2.24) is 15.0 Å². The van der Waals surface area contributed by atoms with Gasteiger partial charge >= 0.3 is 5.69 Å². The first-order valence-electron chi connectivity index (χ1n) is 5.87. The highest BCUT2D eigenvalue weighted by Gasteiger charge is 2.11. The molecule has 0 aliphatic rings. The van der Waals surface area contributed by atoms with E-state index in [1.165, 1.54) is 12.3 Å². The molecule has 1 amide bonds. The fourth-order valence-corrected chi connectivity index (χ4v) is 2.51. The van der Waals surface area contributed by atoms with Gasteiger partial charge in [-0.2, -0.15) is 0 Å². The third-order valence-electron chi connectivity index (χ3n) is 2.84. The standard InChI is InChI=1S/C13H8BrClN4O2/c14-7-4-9-10(19-13(21)18-9)5-8(7)17-12(20)6-1-2-16-11(15)3-6/h1-5H,(H,17,20)(H2,18,19,21). The van der Waals surface area contributed by atoms with Crippen LogP contribution in [0.3, 0.4) is 0 Å². The molecule has 2 aromatic heterocycles. The highest BCUT2D eigenvalue weighted by atomic mass is 79.9. The highest BCUT2D eigenvalue weighted by molar-refractivity contribution is 9.10. The predicted octanol–water partition coefficient (Wildman–Crippen LogP) is 2.92. The summed E-state index contributed by atoms with van der Waals surface area (Å²) < 4.78 is 0.652. The number of aromatic amines is 2. The molecular formula is C13H8BrClN4O2. The summed E-state index contributed by atoms with van der Waals surface area (Å²) in [6.45, 7) is 0. The lowest BCUT2D eigenvalue weighted by Gasteiger charge is -2.07.